The SMILES string of the molecule is COCc1cc(C)nc2c(OCc3ccccc3)cccc12. The lowest BCUT2D eigenvalue weighted by molar-refractivity contribution is 0.186. The zero-order valence-corrected chi connectivity index (χ0v) is 12.9. The Balaban J connectivity index is 1.96. The minimum Gasteiger partial charge on any atom is -0.487 e. The Morgan fingerprint density at radius 3 is 2.55 bits per heavy atom. The summed E-state index contributed by atoms with van der Waals surface area (Å²) in [6.45, 7) is 3.10. The maximum absolute atomic E-state index is 5.99. The van der Waals surface area contributed by atoms with E-state index < -0.39 is 0 Å². The van der Waals surface area contributed by atoms with Crippen LogP contribution in [0.25, 0.3) is 10.9 Å². The van der Waals surface area contributed by atoms with Crippen LogP contribution in [-0.2, 0) is 18.0 Å². The molecule has 0 spiro atoms. The molecule has 0 N–H and O–H groups in total. The van der Waals surface area contributed by atoms with Gasteiger partial charge in [-0.2, -0.15) is 0 Å². The van der Waals surface area contributed by atoms with Crippen molar-refractivity contribution < 1.29 is 9.47 Å². The minimum absolute atomic E-state index is 0.537. The second-order valence-electron chi connectivity index (χ2n) is 5.28. The van der Waals surface area contributed by atoms with E-state index in [2.05, 4.69) is 29.2 Å². The van der Waals surface area contributed by atoms with E-state index in [-0.39, 0.29) is 0 Å². The molecule has 2 aromatic carbocycles. The number of aryl methyl sites for hydroxylation is 1. The fraction of sp³-hybridized carbons (Fsp3) is 0.211. The number of ether oxygens (including phenoxy) is 2. The fourth-order valence-corrected chi connectivity index (χ4v) is 2.56. The van der Waals surface area contributed by atoms with Crippen LogP contribution in [0.1, 0.15) is 16.8 Å². The van der Waals surface area contributed by atoms with Gasteiger partial charge in [0.2, 0.25) is 0 Å². The Morgan fingerprint density at radius 1 is 0.955 bits per heavy atom. The third-order valence-corrected chi connectivity index (χ3v) is 3.55. The highest BCUT2D eigenvalue weighted by Gasteiger charge is 2.09. The molecule has 3 heteroatoms. The van der Waals surface area contributed by atoms with Crippen molar-refractivity contribution in [1.29, 1.82) is 0 Å². The molecule has 3 aromatic rings. The maximum Gasteiger partial charge on any atom is 0.146 e. The summed E-state index contributed by atoms with van der Waals surface area (Å²) in [6.07, 6.45) is 0. The first-order valence-corrected chi connectivity index (χ1v) is 7.33. The van der Waals surface area contributed by atoms with Gasteiger partial charge in [0.15, 0.2) is 0 Å². The van der Waals surface area contributed by atoms with Crippen molar-refractivity contribution in [2.24, 2.45) is 0 Å². The standard InChI is InChI=1S/C19H19NO2/c1-14-11-16(13-21-2)17-9-6-10-18(19(17)20-14)22-12-15-7-4-3-5-8-15/h3-11H,12-13H2,1-2H3. The van der Waals surface area contributed by atoms with Crippen molar-refractivity contribution in [2.45, 2.75) is 20.1 Å². The monoisotopic (exact) mass is 293 g/mol. The van der Waals surface area contributed by atoms with Crippen LogP contribution in [0, 0.1) is 6.92 Å². The zero-order chi connectivity index (χ0) is 15.4. The van der Waals surface area contributed by atoms with Crippen LogP contribution in [0.2, 0.25) is 0 Å². The van der Waals surface area contributed by atoms with Gasteiger partial charge < -0.3 is 9.47 Å². The van der Waals surface area contributed by atoms with Crippen molar-refractivity contribution in [3.8, 4) is 5.75 Å². The van der Waals surface area contributed by atoms with Gasteiger partial charge in [0.05, 0.1) is 6.61 Å². The third kappa shape index (κ3) is 3.10. The number of benzene rings is 2. The smallest absolute Gasteiger partial charge is 0.146 e. The lowest BCUT2D eigenvalue weighted by Crippen LogP contribution is -1.99. The van der Waals surface area contributed by atoms with Gasteiger partial charge in [0.1, 0.15) is 17.9 Å². The molecule has 0 radical (unpaired) electrons. The number of pyridine rings is 1. The van der Waals surface area contributed by atoms with Crippen molar-refractivity contribution in [2.75, 3.05) is 7.11 Å². The molecule has 0 aliphatic heterocycles. The van der Waals surface area contributed by atoms with E-state index in [1.807, 2.05) is 37.3 Å². The number of hydrogen-bond acceptors (Lipinski definition) is 3. The van der Waals surface area contributed by atoms with Gasteiger partial charge in [-0.25, -0.2) is 4.98 Å². The predicted molar refractivity (Wildman–Crippen MR) is 88.0 cm³/mol. The number of aromatic nitrogens is 1. The van der Waals surface area contributed by atoms with Crippen LogP contribution in [0.3, 0.4) is 0 Å². The van der Waals surface area contributed by atoms with Crippen LogP contribution in [0.4, 0.5) is 0 Å². The Hall–Kier alpha value is -2.39. The number of rotatable bonds is 5. The molecular weight excluding hydrogens is 274 g/mol. The highest BCUT2D eigenvalue weighted by molar-refractivity contribution is 5.87. The molecule has 0 unspecified atom stereocenters. The van der Waals surface area contributed by atoms with Gasteiger partial charge in [-0.3, -0.25) is 0 Å². The molecule has 112 valence electrons. The zero-order valence-electron chi connectivity index (χ0n) is 12.9. The molecule has 1 heterocycles. The Labute approximate surface area is 130 Å². The van der Waals surface area contributed by atoms with E-state index >= 15 is 0 Å². The fourth-order valence-electron chi connectivity index (χ4n) is 2.56. The second kappa shape index (κ2) is 6.58. The summed E-state index contributed by atoms with van der Waals surface area (Å²) in [5, 5.41) is 1.08. The van der Waals surface area contributed by atoms with E-state index in [1.54, 1.807) is 7.11 Å². The molecule has 0 atom stereocenters. The van der Waals surface area contributed by atoms with Gasteiger partial charge in [-0.1, -0.05) is 42.5 Å². The number of para-hydroxylation sites is 1. The molecule has 0 saturated heterocycles. The molecule has 3 nitrogen and oxygen atoms in total. The first-order chi connectivity index (χ1) is 10.8. The van der Waals surface area contributed by atoms with Gasteiger partial charge in [0, 0.05) is 18.2 Å². The molecule has 0 aliphatic carbocycles. The molecule has 0 amide bonds. The average Bonchev–Trinajstić information content (AvgIpc) is 2.54. The molecule has 0 bridgehead atoms. The van der Waals surface area contributed by atoms with Crippen molar-refractivity contribution in [3.05, 3.63) is 71.4 Å². The number of nitrogens with zero attached hydrogens (tertiary/aromatic N) is 1. The quantitative estimate of drug-likeness (QED) is 0.704. The number of fused-ring (bicyclic) bond motifs is 1. The van der Waals surface area contributed by atoms with Gasteiger partial charge in [-0.15, -0.1) is 0 Å². The van der Waals surface area contributed by atoms with E-state index in [4.69, 9.17) is 9.47 Å². The molecule has 0 aliphatic rings. The average molecular weight is 293 g/mol. The first-order valence-electron chi connectivity index (χ1n) is 7.33. The summed E-state index contributed by atoms with van der Waals surface area (Å²) in [6, 6.07) is 18.2. The summed E-state index contributed by atoms with van der Waals surface area (Å²) in [4.78, 5) is 4.65. The van der Waals surface area contributed by atoms with Crippen LogP contribution in [0.15, 0.2) is 54.6 Å². The largest absolute Gasteiger partial charge is 0.487 e. The minimum atomic E-state index is 0.537. The first kappa shape index (κ1) is 14.5. The molecule has 3 rings (SSSR count). The summed E-state index contributed by atoms with van der Waals surface area (Å²) >= 11 is 0. The lowest BCUT2D eigenvalue weighted by Gasteiger charge is -2.12. The Bertz CT molecular complexity index is 769. The summed E-state index contributed by atoms with van der Waals surface area (Å²) in [5.41, 5.74) is 4.14. The highest BCUT2D eigenvalue weighted by atomic mass is 16.5. The molecular formula is C19H19NO2. The van der Waals surface area contributed by atoms with E-state index in [9.17, 15) is 0 Å². The molecule has 1 aromatic heterocycles. The normalized spacial score (nSPS) is 10.8. The van der Waals surface area contributed by atoms with E-state index in [1.165, 1.54) is 0 Å². The van der Waals surface area contributed by atoms with Crippen molar-refractivity contribution >= 4 is 10.9 Å². The number of hydrogen-bond donors (Lipinski definition) is 0. The van der Waals surface area contributed by atoms with Crippen molar-refractivity contribution in [1.82, 2.24) is 4.98 Å². The summed E-state index contributed by atoms with van der Waals surface area (Å²) < 4.78 is 11.3. The van der Waals surface area contributed by atoms with E-state index in [0.717, 1.165) is 33.5 Å². The summed E-state index contributed by atoms with van der Waals surface area (Å²) in [7, 11) is 1.71. The predicted octanol–water partition coefficient (Wildman–Crippen LogP) is 4.27. The number of methoxy groups -OCH3 is 1. The van der Waals surface area contributed by atoms with Crippen LogP contribution in [0.5, 0.6) is 5.75 Å². The molecule has 0 fully saturated rings. The Kier molecular flexibility index (Phi) is 4.35. The van der Waals surface area contributed by atoms with E-state index in [0.29, 0.717) is 13.2 Å². The lowest BCUT2D eigenvalue weighted by atomic mass is 10.1. The molecule has 0 saturated carbocycles. The maximum atomic E-state index is 5.99. The highest BCUT2D eigenvalue weighted by Crippen LogP contribution is 2.28. The second-order valence-corrected chi connectivity index (χ2v) is 5.28. The topological polar surface area (TPSA) is 31.4 Å². The Morgan fingerprint density at radius 2 is 1.77 bits per heavy atom. The third-order valence-electron chi connectivity index (χ3n) is 3.55. The molecule has 22 heavy (non-hydrogen) atoms. The van der Waals surface area contributed by atoms with Crippen LogP contribution < -0.4 is 4.74 Å². The van der Waals surface area contributed by atoms with Crippen LogP contribution >= 0.6 is 0 Å². The van der Waals surface area contributed by atoms with Gasteiger partial charge in [0.25, 0.3) is 0 Å². The van der Waals surface area contributed by atoms with Gasteiger partial charge in [-0.05, 0) is 30.2 Å². The van der Waals surface area contributed by atoms with Gasteiger partial charge >= 0.3 is 0 Å². The summed E-state index contributed by atoms with van der Waals surface area (Å²) in [5.74, 6) is 0.808. The van der Waals surface area contributed by atoms with Crippen molar-refractivity contribution in [3.63, 3.8) is 0 Å². The van der Waals surface area contributed by atoms with Crippen LogP contribution in [-0.4, -0.2) is 12.1 Å².